The second-order valence-electron chi connectivity index (χ2n) is 4.05. The van der Waals surface area contributed by atoms with Gasteiger partial charge in [-0.05, 0) is 29.8 Å². The summed E-state index contributed by atoms with van der Waals surface area (Å²) in [5.74, 6) is -0.377. The van der Waals surface area contributed by atoms with Gasteiger partial charge in [0.1, 0.15) is 5.82 Å². The summed E-state index contributed by atoms with van der Waals surface area (Å²) in [5, 5.41) is 13.8. The van der Waals surface area contributed by atoms with Gasteiger partial charge >= 0.3 is 0 Å². The Morgan fingerprint density at radius 3 is 2.63 bits per heavy atom. The van der Waals surface area contributed by atoms with Gasteiger partial charge in [0.2, 0.25) is 0 Å². The van der Waals surface area contributed by atoms with Gasteiger partial charge in [-0.1, -0.05) is 41.4 Å². The molecular weight excluding hydrogens is 288 g/mol. The molecule has 0 fully saturated rings. The highest BCUT2D eigenvalue weighted by Crippen LogP contribution is 2.29. The zero-order valence-electron chi connectivity index (χ0n) is 9.91. The summed E-state index contributed by atoms with van der Waals surface area (Å²) in [4.78, 5) is 0. The van der Waals surface area contributed by atoms with E-state index in [9.17, 15) is 9.50 Å². The number of rotatable bonds is 4. The fraction of sp³-hybridized carbons (Fsp3) is 0.143. The number of hydrogen-bond donors (Lipinski definition) is 2. The van der Waals surface area contributed by atoms with Crippen LogP contribution in [0.3, 0.4) is 0 Å². The molecule has 1 atom stereocenters. The smallest absolute Gasteiger partial charge is 0.123 e. The van der Waals surface area contributed by atoms with Gasteiger partial charge in [-0.2, -0.15) is 0 Å². The molecule has 0 aliphatic heterocycles. The van der Waals surface area contributed by atoms with Crippen molar-refractivity contribution in [2.75, 3.05) is 11.9 Å². The Hall–Kier alpha value is -1.29. The molecule has 0 spiro atoms. The molecule has 0 radical (unpaired) electrons. The highest BCUT2D eigenvalue weighted by atomic mass is 35.5. The Balaban J connectivity index is 2.04. The van der Waals surface area contributed by atoms with E-state index in [0.717, 1.165) is 0 Å². The van der Waals surface area contributed by atoms with Crippen LogP contribution in [0, 0.1) is 5.82 Å². The van der Waals surface area contributed by atoms with Crippen LogP contribution in [0.5, 0.6) is 0 Å². The monoisotopic (exact) mass is 299 g/mol. The first-order valence-corrected chi connectivity index (χ1v) is 6.45. The number of aliphatic hydroxyl groups is 1. The third-order valence-electron chi connectivity index (χ3n) is 2.67. The number of nitrogens with one attached hydrogen (secondary N) is 1. The predicted octanol–water partition coefficient (Wildman–Crippen LogP) is 4.28. The predicted molar refractivity (Wildman–Crippen MR) is 76.3 cm³/mol. The van der Waals surface area contributed by atoms with Gasteiger partial charge in [0.05, 0.1) is 21.8 Å². The average Bonchev–Trinajstić information content (AvgIpc) is 2.40. The molecule has 0 aromatic heterocycles. The van der Waals surface area contributed by atoms with Crippen LogP contribution in [0.2, 0.25) is 10.0 Å². The maximum absolute atomic E-state index is 13.0. The van der Waals surface area contributed by atoms with E-state index in [4.69, 9.17) is 23.2 Å². The van der Waals surface area contributed by atoms with E-state index in [0.29, 0.717) is 21.3 Å². The zero-order chi connectivity index (χ0) is 13.8. The quantitative estimate of drug-likeness (QED) is 0.883. The zero-order valence-corrected chi connectivity index (χ0v) is 11.4. The standard InChI is InChI=1S/C14H12Cl2FNO/c15-11-5-2-6-12(14(11)16)18-8-13(19)9-3-1-4-10(17)7-9/h1-7,13,18-19H,8H2. The molecule has 2 aromatic carbocycles. The minimum absolute atomic E-state index is 0.212. The Labute approximate surface area is 120 Å². The average molecular weight is 300 g/mol. The summed E-state index contributed by atoms with van der Waals surface area (Å²) in [6.07, 6.45) is -0.828. The highest BCUT2D eigenvalue weighted by molar-refractivity contribution is 6.43. The number of aliphatic hydroxyl groups excluding tert-OH is 1. The van der Waals surface area contributed by atoms with Crippen LogP contribution >= 0.6 is 23.2 Å². The lowest BCUT2D eigenvalue weighted by Gasteiger charge is -2.14. The van der Waals surface area contributed by atoms with Crippen molar-refractivity contribution in [2.24, 2.45) is 0 Å². The van der Waals surface area contributed by atoms with Crippen LogP contribution in [0.1, 0.15) is 11.7 Å². The molecule has 0 heterocycles. The molecule has 1 unspecified atom stereocenters. The second-order valence-corrected chi connectivity index (χ2v) is 4.84. The topological polar surface area (TPSA) is 32.3 Å². The van der Waals surface area contributed by atoms with Gasteiger partial charge in [0.25, 0.3) is 0 Å². The lowest BCUT2D eigenvalue weighted by molar-refractivity contribution is 0.191. The van der Waals surface area contributed by atoms with Crippen LogP contribution in [-0.2, 0) is 0 Å². The summed E-state index contributed by atoms with van der Waals surface area (Å²) < 4.78 is 13.0. The van der Waals surface area contributed by atoms with Crippen LogP contribution in [0.25, 0.3) is 0 Å². The van der Waals surface area contributed by atoms with Crippen molar-refractivity contribution >= 4 is 28.9 Å². The molecule has 2 rings (SSSR count). The summed E-state index contributed by atoms with van der Waals surface area (Å²) >= 11 is 11.9. The third-order valence-corrected chi connectivity index (χ3v) is 3.49. The van der Waals surface area contributed by atoms with E-state index >= 15 is 0 Å². The SMILES string of the molecule is OC(CNc1cccc(Cl)c1Cl)c1cccc(F)c1. The normalized spacial score (nSPS) is 12.2. The summed E-state index contributed by atoms with van der Waals surface area (Å²) in [5.41, 5.74) is 1.13. The molecule has 5 heteroatoms. The van der Waals surface area contributed by atoms with Crippen LogP contribution in [-0.4, -0.2) is 11.7 Å². The van der Waals surface area contributed by atoms with Crippen LogP contribution < -0.4 is 5.32 Å². The molecule has 19 heavy (non-hydrogen) atoms. The van der Waals surface area contributed by atoms with E-state index in [-0.39, 0.29) is 12.4 Å². The number of anilines is 1. The Morgan fingerprint density at radius 1 is 1.16 bits per heavy atom. The van der Waals surface area contributed by atoms with Gasteiger partial charge in [0, 0.05) is 6.54 Å². The van der Waals surface area contributed by atoms with Crippen molar-refractivity contribution in [3.05, 3.63) is 63.9 Å². The first-order chi connectivity index (χ1) is 9.08. The van der Waals surface area contributed by atoms with Crippen molar-refractivity contribution in [3.63, 3.8) is 0 Å². The van der Waals surface area contributed by atoms with Crippen molar-refractivity contribution in [2.45, 2.75) is 6.10 Å². The molecule has 0 saturated heterocycles. The minimum Gasteiger partial charge on any atom is -0.387 e. The van der Waals surface area contributed by atoms with Crippen LogP contribution in [0.4, 0.5) is 10.1 Å². The van der Waals surface area contributed by atoms with Gasteiger partial charge in [-0.3, -0.25) is 0 Å². The Bertz CT molecular complexity index is 577. The summed E-state index contributed by atoms with van der Waals surface area (Å²) in [6.45, 7) is 0.212. The number of halogens is 3. The lowest BCUT2D eigenvalue weighted by Crippen LogP contribution is -2.12. The summed E-state index contributed by atoms with van der Waals surface area (Å²) in [7, 11) is 0. The van der Waals surface area contributed by atoms with Crippen molar-refractivity contribution < 1.29 is 9.50 Å². The highest BCUT2D eigenvalue weighted by Gasteiger charge is 2.10. The number of benzene rings is 2. The summed E-state index contributed by atoms with van der Waals surface area (Å²) in [6, 6.07) is 11.0. The maximum atomic E-state index is 13.0. The maximum Gasteiger partial charge on any atom is 0.123 e. The first kappa shape index (κ1) is 14.1. The van der Waals surface area contributed by atoms with E-state index in [1.54, 1.807) is 30.3 Å². The minimum atomic E-state index is -0.828. The number of hydrogen-bond acceptors (Lipinski definition) is 2. The Kier molecular flexibility index (Phi) is 4.64. The third kappa shape index (κ3) is 3.60. The van der Waals surface area contributed by atoms with Crippen LogP contribution in [0.15, 0.2) is 42.5 Å². The van der Waals surface area contributed by atoms with Crippen molar-refractivity contribution in [1.82, 2.24) is 0 Å². The largest absolute Gasteiger partial charge is 0.387 e. The van der Waals surface area contributed by atoms with E-state index in [1.165, 1.54) is 12.1 Å². The molecular formula is C14H12Cl2FNO. The van der Waals surface area contributed by atoms with Gasteiger partial charge < -0.3 is 10.4 Å². The fourth-order valence-corrected chi connectivity index (χ4v) is 2.05. The lowest BCUT2D eigenvalue weighted by atomic mass is 10.1. The van der Waals surface area contributed by atoms with E-state index in [2.05, 4.69) is 5.32 Å². The Morgan fingerprint density at radius 2 is 1.89 bits per heavy atom. The molecule has 0 saturated carbocycles. The fourth-order valence-electron chi connectivity index (χ4n) is 1.68. The molecule has 0 aliphatic rings. The van der Waals surface area contributed by atoms with Gasteiger partial charge in [-0.15, -0.1) is 0 Å². The van der Waals surface area contributed by atoms with E-state index < -0.39 is 6.10 Å². The van der Waals surface area contributed by atoms with Gasteiger partial charge in [0.15, 0.2) is 0 Å². The molecule has 2 nitrogen and oxygen atoms in total. The first-order valence-electron chi connectivity index (χ1n) is 5.69. The molecule has 2 N–H and O–H groups in total. The second kappa shape index (κ2) is 6.24. The van der Waals surface area contributed by atoms with Crippen molar-refractivity contribution in [3.8, 4) is 0 Å². The molecule has 100 valence electrons. The molecule has 2 aromatic rings. The molecule has 0 aliphatic carbocycles. The molecule has 0 bridgehead atoms. The van der Waals surface area contributed by atoms with E-state index in [1.807, 2.05) is 0 Å². The molecule has 0 amide bonds. The van der Waals surface area contributed by atoms with Gasteiger partial charge in [-0.25, -0.2) is 4.39 Å². The van der Waals surface area contributed by atoms with Crippen molar-refractivity contribution in [1.29, 1.82) is 0 Å².